The molecule has 36 heavy (non-hydrogen) atoms. The Labute approximate surface area is 226 Å². The van der Waals surface area contributed by atoms with Crippen LogP contribution in [0.3, 0.4) is 0 Å². The molecule has 8 heteroatoms. The van der Waals surface area contributed by atoms with Crippen molar-refractivity contribution in [2.24, 2.45) is 0 Å². The summed E-state index contributed by atoms with van der Waals surface area (Å²) in [6, 6.07) is 0. The smallest absolute Gasteiger partial charge is 0.333 e. The molecule has 0 aliphatic heterocycles. The lowest BCUT2D eigenvalue weighted by atomic mass is 10.1. The first-order chi connectivity index (χ1) is 17.3. The van der Waals surface area contributed by atoms with Crippen LogP contribution in [0.25, 0.3) is 0 Å². The molecule has 0 aromatic rings. The maximum atomic E-state index is 12.3. The highest BCUT2D eigenvalue weighted by atomic mass is 32.2. The highest BCUT2D eigenvalue weighted by Crippen LogP contribution is 2.43. The lowest BCUT2D eigenvalue weighted by Gasteiger charge is -2.27. The molecule has 0 heterocycles. The Morgan fingerprint density at radius 2 is 1.31 bits per heavy atom. The first-order valence-electron chi connectivity index (χ1n) is 14.7. The van der Waals surface area contributed by atoms with E-state index in [2.05, 4.69) is 13.8 Å². The topological polar surface area (TPSA) is 93.1 Å². The molecule has 6 nitrogen and oxygen atoms in total. The van der Waals surface area contributed by atoms with Gasteiger partial charge in [-0.2, -0.15) is 11.8 Å². The Hall–Kier alpha value is -0.0700. The standard InChI is InChI=1S/C28H57O6PS/c1-5-8-10-12-14-15-16-18-20-23-36-27(21-19-17-13-11-9-6-2)25(4)34-26(28(29)30)24-35(31,32)33-22-7-3/h25-27H,5-24H2,1-4H3,(H,29,30)(H,31,32). The summed E-state index contributed by atoms with van der Waals surface area (Å²) in [5.74, 6) is -0.168. The van der Waals surface area contributed by atoms with E-state index in [0.29, 0.717) is 6.42 Å². The van der Waals surface area contributed by atoms with Crippen molar-refractivity contribution in [3.8, 4) is 0 Å². The minimum absolute atomic E-state index is 0.130. The quantitative estimate of drug-likeness (QED) is 0.0776. The number of hydrogen-bond acceptors (Lipinski definition) is 5. The first kappa shape index (κ1) is 35.9. The van der Waals surface area contributed by atoms with Gasteiger partial charge in [-0.05, 0) is 31.9 Å². The van der Waals surface area contributed by atoms with E-state index in [4.69, 9.17) is 9.26 Å². The van der Waals surface area contributed by atoms with E-state index < -0.39 is 25.8 Å². The lowest BCUT2D eigenvalue weighted by Crippen LogP contribution is -2.36. The van der Waals surface area contributed by atoms with Gasteiger partial charge in [-0.1, -0.05) is 111 Å². The van der Waals surface area contributed by atoms with Gasteiger partial charge in [0.15, 0.2) is 6.10 Å². The molecule has 0 aromatic carbocycles. The molecular formula is C28H57O6PS. The van der Waals surface area contributed by atoms with Crippen molar-refractivity contribution >= 4 is 25.3 Å². The van der Waals surface area contributed by atoms with E-state index in [1.807, 2.05) is 25.6 Å². The third kappa shape index (κ3) is 20.9. The summed E-state index contributed by atoms with van der Waals surface area (Å²) in [6.45, 7) is 8.35. The molecule has 4 unspecified atom stereocenters. The van der Waals surface area contributed by atoms with Crippen LogP contribution in [0.15, 0.2) is 0 Å². The molecule has 2 N–H and O–H groups in total. The molecule has 0 radical (unpaired) electrons. The fourth-order valence-electron chi connectivity index (χ4n) is 4.25. The number of unbranched alkanes of at least 4 members (excludes halogenated alkanes) is 13. The van der Waals surface area contributed by atoms with E-state index >= 15 is 0 Å². The minimum Gasteiger partial charge on any atom is -0.479 e. The van der Waals surface area contributed by atoms with Gasteiger partial charge in [-0.25, -0.2) is 4.79 Å². The molecule has 0 rings (SSSR count). The molecule has 0 amide bonds. The van der Waals surface area contributed by atoms with Gasteiger partial charge in [0, 0.05) is 5.25 Å². The largest absolute Gasteiger partial charge is 0.479 e. The second-order valence-corrected chi connectivity index (χ2v) is 13.4. The molecule has 0 fully saturated rings. The molecular weight excluding hydrogens is 495 g/mol. The third-order valence-electron chi connectivity index (χ3n) is 6.49. The van der Waals surface area contributed by atoms with Crippen LogP contribution in [0.4, 0.5) is 0 Å². The predicted molar refractivity (Wildman–Crippen MR) is 154 cm³/mol. The van der Waals surface area contributed by atoms with Gasteiger partial charge in [0.05, 0.1) is 18.9 Å². The van der Waals surface area contributed by atoms with Crippen molar-refractivity contribution < 1.29 is 28.6 Å². The summed E-state index contributed by atoms with van der Waals surface area (Å²) in [6.07, 6.45) is 18.4. The van der Waals surface area contributed by atoms with Crippen LogP contribution in [-0.2, 0) is 18.6 Å². The molecule has 0 spiro atoms. The summed E-state index contributed by atoms with van der Waals surface area (Å²) in [5.41, 5.74) is 0. The van der Waals surface area contributed by atoms with Gasteiger partial charge in [0.1, 0.15) is 0 Å². The van der Waals surface area contributed by atoms with E-state index in [0.717, 1.165) is 18.6 Å². The molecule has 0 aromatic heterocycles. The Morgan fingerprint density at radius 3 is 1.81 bits per heavy atom. The highest BCUT2D eigenvalue weighted by molar-refractivity contribution is 7.99. The Kier molecular flexibility index (Phi) is 24.0. The zero-order valence-corrected chi connectivity index (χ0v) is 25.5. The number of carboxylic acid groups (broad SMARTS) is 1. The van der Waals surface area contributed by atoms with E-state index in [9.17, 15) is 19.4 Å². The SMILES string of the molecule is CCCCCCCCCCCSC(CCCCCCCC)C(C)OC(CP(=O)(O)OCCC)C(=O)O. The van der Waals surface area contributed by atoms with Crippen molar-refractivity contribution in [2.45, 2.75) is 154 Å². The van der Waals surface area contributed by atoms with Crippen molar-refractivity contribution in [1.29, 1.82) is 0 Å². The molecule has 4 atom stereocenters. The van der Waals surface area contributed by atoms with Crippen LogP contribution in [-0.4, -0.2) is 51.9 Å². The maximum absolute atomic E-state index is 12.3. The average molecular weight is 553 g/mol. The van der Waals surface area contributed by atoms with Gasteiger partial charge < -0.3 is 19.3 Å². The molecule has 0 saturated carbocycles. The van der Waals surface area contributed by atoms with Crippen molar-refractivity contribution in [2.75, 3.05) is 18.5 Å². The van der Waals surface area contributed by atoms with Crippen molar-refractivity contribution in [3.05, 3.63) is 0 Å². The third-order valence-corrected chi connectivity index (χ3v) is 9.44. The van der Waals surface area contributed by atoms with Gasteiger partial charge >= 0.3 is 13.6 Å². The second-order valence-electron chi connectivity index (χ2n) is 10.1. The second kappa shape index (κ2) is 24.0. The fourth-order valence-corrected chi connectivity index (χ4v) is 6.83. The van der Waals surface area contributed by atoms with Crippen LogP contribution in [0.5, 0.6) is 0 Å². The van der Waals surface area contributed by atoms with Crippen LogP contribution in [0.2, 0.25) is 0 Å². The first-order valence-corrected chi connectivity index (χ1v) is 17.5. The summed E-state index contributed by atoms with van der Waals surface area (Å²) in [5, 5.41) is 9.82. The van der Waals surface area contributed by atoms with E-state index in [1.54, 1.807) is 0 Å². The normalized spacial score (nSPS) is 15.9. The Morgan fingerprint density at radius 1 is 0.806 bits per heavy atom. The summed E-state index contributed by atoms with van der Waals surface area (Å²) in [4.78, 5) is 21.8. The summed E-state index contributed by atoms with van der Waals surface area (Å²) in [7, 11) is -4.00. The molecule has 0 saturated heterocycles. The van der Waals surface area contributed by atoms with Crippen molar-refractivity contribution in [3.63, 3.8) is 0 Å². The summed E-state index contributed by atoms with van der Waals surface area (Å²) >= 11 is 1.88. The van der Waals surface area contributed by atoms with Crippen LogP contribution in [0, 0.1) is 0 Å². The minimum atomic E-state index is -4.00. The lowest BCUT2D eigenvalue weighted by molar-refractivity contribution is -0.152. The number of rotatable bonds is 27. The van der Waals surface area contributed by atoms with Crippen LogP contribution in [0.1, 0.15) is 137 Å². The number of aliphatic carboxylic acids is 1. The molecule has 0 bridgehead atoms. The number of ether oxygens (including phenoxy) is 1. The van der Waals surface area contributed by atoms with Crippen LogP contribution < -0.4 is 0 Å². The van der Waals surface area contributed by atoms with Gasteiger partial charge in [0.25, 0.3) is 0 Å². The fraction of sp³-hybridized carbons (Fsp3) is 0.964. The van der Waals surface area contributed by atoms with Crippen LogP contribution >= 0.6 is 19.4 Å². The average Bonchev–Trinajstić information content (AvgIpc) is 2.84. The van der Waals surface area contributed by atoms with Gasteiger partial charge in [-0.3, -0.25) is 4.57 Å². The summed E-state index contributed by atoms with van der Waals surface area (Å²) < 4.78 is 23.2. The van der Waals surface area contributed by atoms with Crippen molar-refractivity contribution in [1.82, 2.24) is 0 Å². The zero-order valence-electron chi connectivity index (χ0n) is 23.8. The van der Waals surface area contributed by atoms with E-state index in [1.165, 1.54) is 89.9 Å². The Balaban J connectivity index is 4.68. The monoisotopic (exact) mass is 552 g/mol. The number of thioether (sulfide) groups is 1. The Bertz CT molecular complexity index is 562. The highest BCUT2D eigenvalue weighted by Gasteiger charge is 2.33. The van der Waals surface area contributed by atoms with Gasteiger partial charge in [-0.15, -0.1) is 0 Å². The molecule has 0 aliphatic rings. The zero-order chi connectivity index (χ0) is 27.1. The predicted octanol–water partition coefficient (Wildman–Crippen LogP) is 8.84. The number of carboxylic acids is 1. The molecule has 216 valence electrons. The maximum Gasteiger partial charge on any atom is 0.333 e. The number of carbonyl (C=O) groups is 1. The van der Waals surface area contributed by atoms with E-state index in [-0.39, 0.29) is 18.0 Å². The molecule has 0 aliphatic carbocycles. The van der Waals surface area contributed by atoms with Gasteiger partial charge in [0.2, 0.25) is 0 Å². The number of hydrogen-bond donors (Lipinski definition) is 2.